The third kappa shape index (κ3) is 5.23. The topological polar surface area (TPSA) is 56.8 Å². The smallest absolute Gasteiger partial charge is 0.255 e. The van der Waals surface area contributed by atoms with Crippen LogP contribution in [0.3, 0.4) is 0 Å². The highest BCUT2D eigenvalue weighted by atomic mass is 16.5. The molecule has 1 heterocycles. The van der Waals surface area contributed by atoms with E-state index in [1.165, 1.54) is 12.8 Å². The van der Waals surface area contributed by atoms with Gasteiger partial charge in [-0.2, -0.15) is 0 Å². The van der Waals surface area contributed by atoms with Crippen molar-refractivity contribution in [2.75, 3.05) is 25.1 Å². The molecule has 4 rings (SSSR count). The second kappa shape index (κ2) is 8.44. The van der Waals surface area contributed by atoms with Crippen LogP contribution in [0.15, 0.2) is 48.5 Å². The van der Waals surface area contributed by atoms with Crippen LogP contribution in [-0.2, 0) is 4.74 Å². The normalized spacial score (nSPS) is 18.9. The number of carbonyl (C=O) groups is 1. The van der Waals surface area contributed by atoms with Crippen molar-refractivity contribution >= 4 is 11.6 Å². The lowest BCUT2D eigenvalue weighted by molar-refractivity contribution is 0.0680. The molecule has 0 aromatic heterocycles. The summed E-state index contributed by atoms with van der Waals surface area (Å²) >= 11 is 0. The minimum absolute atomic E-state index is 0.153. The average Bonchev–Trinajstić information content (AvgIpc) is 3.38. The molecule has 1 atom stereocenters. The van der Waals surface area contributed by atoms with E-state index in [-0.39, 0.29) is 12.0 Å². The van der Waals surface area contributed by atoms with Gasteiger partial charge in [0.1, 0.15) is 18.1 Å². The minimum atomic E-state index is -0.153. The van der Waals surface area contributed by atoms with Crippen molar-refractivity contribution in [3.8, 4) is 11.5 Å². The molecule has 5 nitrogen and oxygen atoms in total. The predicted octanol–water partition coefficient (Wildman–Crippen LogP) is 4.29. The van der Waals surface area contributed by atoms with E-state index in [2.05, 4.69) is 5.32 Å². The molecule has 142 valence electrons. The highest BCUT2D eigenvalue weighted by Gasteiger charge is 2.22. The first-order valence-corrected chi connectivity index (χ1v) is 9.65. The van der Waals surface area contributed by atoms with Gasteiger partial charge in [-0.25, -0.2) is 0 Å². The Kier molecular flexibility index (Phi) is 5.58. The van der Waals surface area contributed by atoms with Crippen LogP contribution in [0.5, 0.6) is 11.5 Å². The van der Waals surface area contributed by atoms with Gasteiger partial charge in [0, 0.05) is 23.9 Å². The van der Waals surface area contributed by atoms with E-state index in [4.69, 9.17) is 14.2 Å². The van der Waals surface area contributed by atoms with Gasteiger partial charge in [0.15, 0.2) is 0 Å². The van der Waals surface area contributed by atoms with E-state index >= 15 is 0 Å². The first-order valence-electron chi connectivity index (χ1n) is 9.65. The number of benzene rings is 2. The van der Waals surface area contributed by atoms with Gasteiger partial charge in [0.2, 0.25) is 0 Å². The summed E-state index contributed by atoms with van der Waals surface area (Å²) in [5.41, 5.74) is 1.30. The van der Waals surface area contributed by atoms with Crippen molar-refractivity contribution in [1.82, 2.24) is 0 Å². The number of carbonyl (C=O) groups excluding carboxylic acids is 1. The lowest BCUT2D eigenvalue weighted by Crippen LogP contribution is -2.16. The average molecular weight is 367 g/mol. The molecule has 1 N–H and O–H groups in total. The second-order valence-electron chi connectivity index (χ2n) is 7.21. The molecular formula is C22H25NO4. The van der Waals surface area contributed by atoms with Gasteiger partial charge in [0.25, 0.3) is 5.91 Å². The summed E-state index contributed by atoms with van der Waals surface area (Å²) in [7, 11) is 0. The zero-order chi connectivity index (χ0) is 18.5. The van der Waals surface area contributed by atoms with Crippen molar-refractivity contribution in [3.05, 3.63) is 54.1 Å². The fourth-order valence-electron chi connectivity index (χ4n) is 3.03. The highest BCUT2D eigenvalue weighted by molar-refractivity contribution is 6.04. The number of hydrogen-bond acceptors (Lipinski definition) is 4. The largest absolute Gasteiger partial charge is 0.493 e. The highest BCUT2D eigenvalue weighted by Crippen LogP contribution is 2.29. The summed E-state index contributed by atoms with van der Waals surface area (Å²) in [5.74, 6) is 2.10. The van der Waals surface area contributed by atoms with Crippen LogP contribution in [0.4, 0.5) is 5.69 Å². The van der Waals surface area contributed by atoms with Crippen LogP contribution >= 0.6 is 0 Å². The number of anilines is 1. The van der Waals surface area contributed by atoms with E-state index in [1.54, 1.807) is 12.1 Å². The Morgan fingerprint density at radius 3 is 2.56 bits per heavy atom. The SMILES string of the molecule is O=C(Nc1cccc(OCC2CCCO2)c1)c1ccc(OCC2CC2)cc1. The Bertz CT molecular complexity index is 764. The van der Waals surface area contributed by atoms with Crippen LogP contribution in [-0.4, -0.2) is 31.8 Å². The monoisotopic (exact) mass is 367 g/mol. The Hall–Kier alpha value is -2.53. The first-order chi connectivity index (χ1) is 13.3. The molecule has 1 aliphatic carbocycles. The van der Waals surface area contributed by atoms with Crippen molar-refractivity contribution < 1.29 is 19.0 Å². The molecule has 27 heavy (non-hydrogen) atoms. The number of hydrogen-bond donors (Lipinski definition) is 1. The van der Waals surface area contributed by atoms with Crippen molar-refractivity contribution in [2.45, 2.75) is 31.8 Å². The number of amides is 1. The second-order valence-corrected chi connectivity index (χ2v) is 7.21. The first kappa shape index (κ1) is 17.9. The van der Waals surface area contributed by atoms with Crippen molar-refractivity contribution in [2.24, 2.45) is 5.92 Å². The predicted molar refractivity (Wildman–Crippen MR) is 104 cm³/mol. The summed E-state index contributed by atoms with van der Waals surface area (Å²) in [5, 5.41) is 2.92. The Morgan fingerprint density at radius 2 is 1.81 bits per heavy atom. The van der Waals surface area contributed by atoms with E-state index < -0.39 is 0 Å². The maximum absolute atomic E-state index is 12.5. The minimum Gasteiger partial charge on any atom is -0.493 e. The summed E-state index contributed by atoms with van der Waals surface area (Å²) < 4.78 is 17.1. The summed E-state index contributed by atoms with van der Waals surface area (Å²) in [4.78, 5) is 12.5. The van der Waals surface area contributed by atoms with Crippen LogP contribution in [0.1, 0.15) is 36.0 Å². The third-order valence-corrected chi connectivity index (χ3v) is 4.85. The number of ether oxygens (including phenoxy) is 3. The van der Waals surface area contributed by atoms with Crippen molar-refractivity contribution in [3.63, 3.8) is 0 Å². The van der Waals surface area contributed by atoms with Crippen LogP contribution < -0.4 is 14.8 Å². The Labute approximate surface area is 159 Å². The molecule has 0 bridgehead atoms. The van der Waals surface area contributed by atoms with Crippen LogP contribution in [0.2, 0.25) is 0 Å². The van der Waals surface area contributed by atoms with Gasteiger partial charge in [-0.05, 0) is 68.0 Å². The van der Waals surface area contributed by atoms with Crippen LogP contribution in [0, 0.1) is 5.92 Å². The van der Waals surface area contributed by atoms with Gasteiger partial charge in [0.05, 0.1) is 12.7 Å². The van der Waals surface area contributed by atoms with E-state index in [9.17, 15) is 4.79 Å². The maximum atomic E-state index is 12.5. The number of nitrogens with one attached hydrogen (secondary N) is 1. The van der Waals surface area contributed by atoms with Gasteiger partial charge in [-0.1, -0.05) is 6.07 Å². The summed E-state index contributed by atoms with van der Waals surface area (Å²) in [6.45, 7) is 2.12. The lowest BCUT2D eigenvalue weighted by Gasteiger charge is -2.13. The fraction of sp³-hybridized carbons (Fsp3) is 0.409. The molecule has 1 aliphatic heterocycles. The molecule has 2 aromatic carbocycles. The molecule has 1 saturated heterocycles. The Morgan fingerprint density at radius 1 is 1.00 bits per heavy atom. The molecule has 2 aromatic rings. The zero-order valence-corrected chi connectivity index (χ0v) is 15.4. The Balaban J connectivity index is 1.30. The van der Waals surface area contributed by atoms with Gasteiger partial charge in [-0.15, -0.1) is 0 Å². The molecule has 5 heteroatoms. The van der Waals surface area contributed by atoms with E-state index in [0.29, 0.717) is 23.8 Å². The van der Waals surface area contributed by atoms with Gasteiger partial charge < -0.3 is 19.5 Å². The molecule has 1 amide bonds. The van der Waals surface area contributed by atoms with E-state index in [1.807, 2.05) is 36.4 Å². The molecule has 1 unspecified atom stereocenters. The van der Waals surface area contributed by atoms with Crippen LogP contribution in [0.25, 0.3) is 0 Å². The van der Waals surface area contributed by atoms with Gasteiger partial charge in [-0.3, -0.25) is 4.79 Å². The zero-order valence-electron chi connectivity index (χ0n) is 15.4. The molecule has 2 aliphatic rings. The third-order valence-electron chi connectivity index (χ3n) is 4.85. The van der Waals surface area contributed by atoms with Gasteiger partial charge >= 0.3 is 0 Å². The molecular weight excluding hydrogens is 342 g/mol. The summed E-state index contributed by atoms with van der Waals surface area (Å²) in [6, 6.07) is 14.7. The van der Waals surface area contributed by atoms with E-state index in [0.717, 1.165) is 37.6 Å². The molecule has 0 radical (unpaired) electrons. The summed E-state index contributed by atoms with van der Waals surface area (Å²) in [6.07, 6.45) is 4.82. The lowest BCUT2D eigenvalue weighted by atomic mass is 10.2. The van der Waals surface area contributed by atoms with Crippen molar-refractivity contribution in [1.29, 1.82) is 0 Å². The standard InChI is InChI=1S/C22H25NO4/c24-22(17-8-10-19(11-9-17)26-14-16-6-7-16)23-18-3-1-4-20(13-18)27-15-21-5-2-12-25-21/h1,3-4,8-11,13,16,21H,2,5-7,12,14-15H2,(H,23,24). The number of rotatable bonds is 8. The molecule has 1 saturated carbocycles. The maximum Gasteiger partial charge on any atom is 0.255 e. The quantitative estimate of drug-likeness (QED) is 0.756. The molecule has 0 spiro atoms. The molecule has 2 fully saturated rings. The fourth-order valence-corrected chi connectivity index (χ4v) is 3.03.